The van der Waals surface area contributed by atoms with Crippen LogP contribution < -0.4 is 10.1 Å². The lowest BCUT2D eigenvalue weighted by Crippen LogP contribution is -2.19. The fourth-order valence-electron chi connectivity index (χ4n) is 3.41. The molecule has 0 unspecified atom stereocenters. The molecule has 8 heteroatoms. The highest BCUT2D eigenvalue weighted by Gasteiger charge is 2.20. The number of hydrogen-bond acceptors (Lipinski definition) is 6. The molecule has 0 bridgehead atoms. The van der Waals surface area contributed by atoms with E-state index in [1.807, 2.05) is 61.7 Å². The van der Waals surface area contributed by atoms with E-state index in [1.54, 1.807) is 21.0 Å². The van der Waals surface area contributed by atoms with Gasteiger partial charge in [-0.15, -0.1) is 0 Å². The van der Waals surface area contributed by atoms with Crippen LogP contribution in [0.25, 0.3) is 11.4 Å². The number of anilines is 2. The van der Waals surface area contributed by atoms with Crippen molar-refractivity contribution in [2.75, 3.05) is 12.4 Å². The average molecular weight is 464 g/mol. The predicted octanol–water partition coefficient (Wildman–Crippen LogP) is 5.40. The standard InChI is InChI=1S/C25H26ClN5O2/c1-15-14-27-23(28-15)20-10-9-18(12-21(20)33-4)29-24-30-19(13-22(31-24)25(2,3)32)11-16-5-7-17(26)8-6-16/h5-10,12-14,32H,11H2,1-4H3,(H,27,28)(H,29,30,31). The van der Waals surface area contributed by atoms with Crippen molar-refractivity contribution in [2.45, 2.75) is 32.8 Å². The van der Waals surface area contributed by atoms with Gasteiger partial charge in [0, 0.05) is 29.4 Å². The number of aliphatic hydroxyl groups is 1. The number of halogens is 1. The molecule has 4 aromatic rings. The largest absolute Gasteiger partial charge is 0.496 e. The smallest absolute Gasteiger partial charge is 0.227 e. The summed E-state index contributed by atoms with van der Waals surface area (Å²) in [5.41, 5.74) is 3.76. The summed E-state index contributed by atoms with van der Waals surface area (Å²) in [7, 11) is 1.62. The van der Waals surface area contributed by atoms with Crippen LogP contribution in [0.2, 0.25) is 5.02 Å². The van der Waals surface area contributed by atoms with Crippen molar-refractivity contribution in [2.24, 2.45) is 0 Å². The maximum absolute atomic E-state index is 10.6. The summed E-state index contributed by atoms with van der Waals surface area (Å²) in [5.74, 6) is 1.79. The summed E-state index contributed by atoms with van der Waals surface area (Å²) in [5, 5.41) is 14.5. The third-order valence-electron chi connectivity index (χ3n) is 5.12. The van der Waals surface area contributed by atoms with E-state index in [0.29, 0.717) is 28.8 Å². The van der Waals surface area contributed by atoms with Gasteiger partial charge < -0.3 is 20.1 Å². The molecular formula is C25H26ClN5O2. The van der Waals surface area contributed by atoms with Gasteiger partial charge in [0.1, 0.15) is 17.2 Å². The van der Waals surface area contributed by atoms with E-state index in [4.69, 9.17) is 16.3 Å². The van der Waals surface area contributed by atoms with Crippen LogP contribution in [0.4, 0.5) is 11.6 Å². The number of hydrogen-bond donors (Lipinski definition) is 3. The number of H-pyrrole nitrogens is 1. The van der Waals surface area contributed by atoms with E-state index in [9.17, 15) is 5.11 Å². The zero-order chi connectivity index (χ0) is 23.6. The Bertz CT molecular complexity index is 1260. The van der Waals surface area contributed by atoms with E-state index in [1.165, 1.54) is 0 Å². The molecule has 2 aromatic heterocycles. The van der Waals surface area contributed by atoms with Crippen molar-refractivity contribution in [1.29, 1.82) is 0 Å². The molecule has 7 nitrogen and oxygen atoms in total. The van der Waals surface area contributed by atoms with Crippen LogP contribution in [0.5, 0.6) is 5.75 Å². The second-order valence-electron chi connectivity index (χ2n) is 8.36. The second-order valence-corrected chi connectivity index (χ2v) is 8.80. The highest BCUT2D eigenvalue weighted by atomic mass is 35.5. The number of aromatic amines is 1. The van der Waals surface area contributed by atoms with Crippen molar-refractivity contribution < 1.29 is 9.84 Å². The second kappa shape index (κ2) is 9.21. The first-order chi connectivity index (χ1) is 15.7. The Labute approximate surface area is 197 Å². The first-order valence-electron chi connectivity index (χ1n) is 10.5. The Balaban J connectivity index is 1.66. The molecule has 33 heavy (non-hydrogen) atoms. The van der Waals surface area contributed by atoms with E-state index < -0.39 is 5.60 Å². The van der Waals surface area contributed by atoms with Crippen LogP contribution >= 0.6 is 11.6 Å². The van der Waals surface area contributed by atoms with E-state index in [-0.39, 0.29) is 0 Å². The van der Waals surface area contributed by atoms with Crippen LogP contribution in [0, 0.1) is 6.92 Å². The first kappa shape index (κ1) is 22.8. The molecular weight excluding hydrogens is 438 g/mol. The molecule has 2 heterocycles. The average Bonchev–Trinajstić information content (AvgIpc) is 3.20. The fraction of sp³-hybridized carbons (Fsp3) is 0.240. The quantitative estimate of drug-likeness (QED) is 0.339. The summed E-state index contributed by atoms with van der Waals surface area (Å²) < 4.78 is 5.59. The Morgan fingerprint density at radius 1 is 1.06 bits per heavy atom. The van der Waals surface area contributed by atoms with Crippen LogP contribution in [0.3, 0.4) is 0 Å². The van der Waals surface area contributed by atoms with Gasteiger partial charge in [0.2, 0.25) is 5.95 Å². The molecule has 0 saturated carbocycles. The van der Waals surface area contributed by atoms with Gasteiger partial charge >= 0.3 is 0 Å². The van der Waals surface area contributed by atoms with Crippen molar-refractivity contribution in [1.82, 2.24) is 19.9 Å². The third kappa shape index (κ3) is 5.50. The molecule has 170 valence electrons. The topological polar surface area (TPSA) is 95.9 Å². The summed E-state index contributed by atoms with van der Waals surface area (Å²) in [6.45, 7) is 5.33. The highest BCUT2D eigenvalue weighted by Crippen LogP contribution is 2.32. The minimum Gasteiger partial charge on any atom is -0.496 e. The summed E-state index contributed by atoms with van der Waals surface area (Å²) in [6, 6.07) is 15.1. The van der Waals surface area contributed by atoms with Gasteiger partial charge in [-0.05, 0) is 56.7 Å². The number of rotatable bonds is 7. The maximum Gasteiger partial charge on any atom is 0.227 e. The number of aryl methyl sites for hydroxylation is 1. The maximum atomic E-state index is 10.6. The number of benzene rings is 2. The van der Waals surface area contributed by atoms with E-state index >= 15 is 0 Å². The van der Waals surface area contributed by atoms with Gasteiger partial charge in [-0.3, -0.25) is 0 Å². The number of nitrogens with zero attached hydrogens (tertiary/aromatic N) is 3. The molecule has 0 amide bonds. The molecule has 0 spiro atoms. The van der Waals surface area contributed by atoms with Gasteiger partial charge in [-0.2, -0.15) is 0 Å². The third-order valence-corrected chi connectivity index (χ3v) is 5.38. The minimum absolute atomic E-state index is 0.391. The van der Waals surface area contributed by atoms with Crippen LogP contribution in [0.15, 0.2) is 54.7 Å². The predicted molar refractivity (Wildman–Crippen MR) is 130 cm³/mol. The van der Waals surface area contributed by atoms with Gasteiger partial charge in [0.15, 0.2) is 0 Å². The normalized spacial score (nSPS) is 11.5. The van der Waals surface area contributed by atoms with Crippen molar-refractivity contribution >= 4 is 23.2 Å². The number of methoxy groups -OCH3 is 1. The molecule has 0 aliphatic heterocycles. The molecule has 4 rings (SSSR count). The molecule has 3 N–H and O–H groups in total. The lowest BCUT2D eigenvalue weighted by Gasteiger charge is -2.19. The van der Waals surface area contributed by atoms with Crippen LogP contribution in [-0.4, -0.2) is 32.2 Å². The number of aromatic nitrogens is 4. The fourth-order valence-corrected chi connectivity index (χ4v) is 3.54. The monoisotopic (exact) mass is 463 g/mol. The zero-order valence-electron chi connectivity index (χ0n) is 19.0. The SMILES string of the molecule is COc1cc(Nc2nc(Cc3ccc(Cl)cc3)cc(C(C)(C)O)n2)ccc1-c1nc(C)c[nH]1. The Morgan fingerprint density at radius 2 is 1.82 bits per heavy atom. The Hall–Kier alpha value is -3.42. The van der Waals surface area contributed by atoms with Crippen molar-refractivity contribution in [3.05, 3.63) is 82.4 Å². The van der Waals surface area contributed by atoms with Crippen LogP contribution in [0.1, 0.15) is 36.5 Å². The lowest BCUT2D eigenvalue weighted by molar-refractivity contribution is 0.0737. The Kier molecular flexibility index (Phi) is 6.35. The first-order valence-corrected chi connectivity index (χ1v) is 10.9. The van der Waals surface area contributed by atoms with Crippen LogP contribution in [-0.2, 0) is 12.0 Å². The van der Waals surface area contributed by atoms with Crippen molar-refractivity contribution in [3.63, 3.8) is 0 Å². The zero-order valence-corrected chi connectivity index (χ0v) is 19.7. The van der Waals surface area contributed by atoms with Gasteiger partial charge in [-0.1, -0.05) is 23.7 Å². The minimum atomic E-state index is -1.12. The summed E-state index contributed by atoms with van der Waals surface area (Å²) in [6.07, 6.45) is 2.43. The lowest BCUT2D eigenvalue weighted by atomic mass is 10.0. The van der Waals surface area contributed by atoms with Gasteiger partial charge in [0.05, 0.1) is 29.8 Å². The molecule has 0 saturated heterocycles. The van der Waals surface area contributed by atoms with Crippen molar-refractivity contribution in [3.8, 4) is 17.1 Å². The summed E-state index contributed by atoms with van der Waals surface area (Å²) in [4.78, 5) is 16.8. The number of ether oxygens (including phenoxy) is 1. The van der Waals surface area contributed by atoms with Gasteiger partial charge in [0.25, 0.3) is 0 Å². The molecule has 0 radical (unpaired) electrons. The van der Waals surface area contributed by atoms with Gasteiger partial charge in [-0.25, -0.2) is 15.0 Å². The molecule has 0 aliphatic carbocycles. The molecule has 0 fully saturated rings. The molecule has 2 aromatic carbocycles. The highest BCUT2D eigenvalue weighted by molar-refractivity contribution is 6.30. The number of imidazole rings is 1. The molecule has 0 aliphatic rings. The number of nitrogens with one attached hydrogen (secondary N) is 2. The molecule has 0 atom stereocenters. The van der Waals surface area contributed by atoms with E-state index in [0.717, 1.165) is 34.0 Å². The van der Waals surface area contributed by atoms with E-state index in [2.05, 4.69) is 25.3 Å². The summed E-state index contributed by atoms with van der Waals surface area (Å²) >= 11 is 6.01. The Morgan fingerprint density at radius 3 is 2.45 bits per heavy atom.